The van der Waals surface area contributed by atoms with Crippen LogP contribution in [0.15, 0.2) is 36.8 Å². The third-order valence-electron chi connectivity index (χ3n) is 6.59. The molecule has 0 saturated carbocycles. The van der Waals surface area contributed by atoms with E-state index in [2.05, 4.69) is 31.7 Å². The first-order valence-electron chi connectivity index (χ1n) is 11.7. The van der Waals surface area contributed by atoms with Gasteiger partial charge in [-0.2, -0.15) is 0 Å². The summed E-state index contributed by atoms with van der Waals surface area (Å²) in [6.07, 6.45) is 5.86. The van der Waals surface area contributed by atoms with Gasteiger partial charge >= 0.3 is 12.1 Å². The van der Waals surface area contributed by atoms with Crippen LogP contribution in [0.2, 0.25) is 0 Å². The van der Waals surface area contributed by atoms with Crippen LogP contribution >= 0.6 is 0 Å². The third-order valence-corrected chi connectivity index (χ3v) is 6.59. The molecule has 1 amide bonds. The van der Waals surface area contributed by atoms with Crippen LogP contribution in [-0.2, 0) is 15.9 Å². The maximum absolute atomic E-state index is 12.2. The standard InChI is InChI=1S/C25H29N5O4/c1-16(2)34-25(32)28-10-7-19(8-11-28)29-13-9-20-22(29)26-15-27-23(20)30-12-6-17-14-18(24(31)33-3)4-5-21(17)30/h4-5,9,13-16,19H,6-8,10-12H2,1-3H3. The van der Waals surface area contributed by atoms with Gasteiger partial charge < -0.3 is 23.8 Å². The Morgan fingerprint density at radius 3 is 2.62 bits per heavy atom. The number of benzene rings is 1. The van der Waals surface area contributed by atoms with Crippen LogP contribution < -0.4 is 4.90 Å². The average molecular weight is 464 g/mol. The normalized spacial score (nSPS) is 16.2. The highest BCUT2D eigenvalue weighted by Gasteiger charge is 2.28. The summed E-state index contributed by atoms with van der Waals surface area (Å²) < 4.78 is 12.4. The minimum atomic E-state index is -0.328. The number of hydrogen-bond donors (Lipinski definition) is 0. The molecule has 1 saturated heterocycles. The van der Waals surface area contributed by atoms with Crippen LogP contribution in [0.1, 0.15) is 48.7 Å². The average Bonchev–Trinajstić information content (AvgIpc) is 3.47. The Morgan fingerprint density at radius 1 is 1.09 bits per heavy atom. The van der Waals surface area contributed by atoms with Gasteiger partial charge in [-0.3, -0.25) is 0 Å². The van der Waals surface area contributed by atoms with Crippen molar-refractivity contribution in [3.63, 3.8) is 0 Å². The lowest BCUT2D eigenvalue weighted by Gasteiger charge is -2.32. The van der Waals surface area contributed by atoms with Gasteiger partial charge in [0.15, 0.2) is 0 Å². The smallest absolute Gasteiger partial charge is 0.410 e. The van der Waals surface area contributed by atoms with E-state index in [4.69, 9.17) is 9.47 Å². The summed E-state index contributed by atoms with van der Waals surface area (Å²) in [5.41, 5.74) is 3.62. The van der Waals surface area contributed by atoms with Crippen molar-refractivity contribution < 1.29 is 19.1 Å². The molecule has 4 heterocycles. The number of ether oxygens (including phenoxy) is 2. The number of amides is 1. The van der Waals surface area contributed by atoms with Gasteiger partial charge in [0.2, 0.25) is 0 Å². The molecule has 2 aliphatic rings. The molecule has 2 aliphatic heterocycles. The lowest BCUT2D eigenvalue weighted by atomic mass is 10.1. The second kappa shape index (κ2) is 8.96. The zero-order valence-electron chi connectivity index (χ0n) is 19.7. The highest BCUT2D eigenvalue weighted by molar-refractivity contribution is 5.93. The number of fused-ring (bicyclic) bond motifs is 2. The number of aromatic nitrogens is 3. The Labute approximate surface area is 198 Å². The molecule has 1 fully saturated rings. The first-order valence-corrected chi connectivity index (χ1v) is 11.7. The molecule has 9 nitrogen and oxygen atoms in total. The Bertz CT molecular complexity index is 1230. The Hall–Kier alpha value is -3.62. The number of esters is 1. The number of carbonyl (C=O) groups excluding carboxylic acids is 2. The van der Waals surface area contributed by atoms with E-state index in [1.807, 2.05) is 26.0 Å². The molecule has 3 aromatic rings. The van der Waals surface area contributed by atoms with Crippen molar-refractivity contribution >= 4 is 34.6 Å². The van der Waals surface area contributed by atoms with Crippen molar-refractivity contribution in [2.45, 2.75) is 45.3 Å². The van der Waals surface area contributed by atoms with Crippen molar-refractivity contribution in [1.82, 2.24) is 19.4 Å². The number of methoxy groups -OCH3 is 1. The second-order valence-corrected chi connectivity index (χ2v) is 9.05. The molecule has 0 unspecified atom stereocenters. The molecule has 0 aliphatic carbocycles. The zero-order chi connectivity index (χ0) is 23.8. The van der Waals surface area contributed by atoms with E-state index >= 15 is 0 Å². The predicted molar refractivity (Wildman–Crippen MR) is 127 cm³/mol. The topological polar surface area (TPSA) is 89.8 Å². The van der Waals surface area contributed by atoms with E-state index in [0.29, 0.717) is 18.7 Å². The minimum Gasteiger partial charge on any atom is -0.465 e. The molecular formula is C25H29N5O4. The predicted octanol–water partition coefficient (Wildman–Crippen LogP) is 4.09. The molecule has 5 rings (SSSR count). The Morgan fingerprint density at radius 2 is 1.88 bits per heavy atom. The Kier molecular flexibility index (Phi) is 5.85. The Balaban J connectivity index is 1.38. The van der Waals surface area contributed by atoms with Gasteiger partial charge in [0.05, 0.1) is 24.2 Å². The fourth-order valence-corrected chi connectivity index (χ4v) is 4.94. The van der Waals surface area contributed by atoms with Crippen molar-refractivity contribution in [3.05, 3.63) is 47.9 Å². The van der Waals surface area contributed by atoms with E-state index in [0.717, 1.165) is 53.9 Å². The number of piperidine rings is 1. The first kappa shape index (κ1) is 22.2. The van der Waals surface area contributed by atoms with Crippen LogP contribution in [-0.4, -0.2) is 64.3 Å². The molecule has 34 heavy (non-hydrogen) atoms. The summed E-state index contributed by atoms with van der Waals surface area (Å²) in [5, 5.41) is 0.994. The molecular weight excluding hydrogens is 434 g/mol. The van der Waals surface area contributed by atoms with Gasteiger partial charge in [0.25, 0.3) is 0 Å². The minimum absolute atomic E-state index is 0.114. The molecule has 0 N–H and O–H groups in total. The molecule has 0 radical (unpaired) electrons. The monoisotopic (exact) mass is 463 g/mol. The lowest BCUT2D eigenvalue weighted by Crippen LogP contribution is -2.40. The van der Waals surface area contributed by atoms with E-state index < -0.39 is 0 Å². The second-order valence-electron chi connectivity index (χ2n) is 9.05. The summed E-state index contributed by atoms with van der Waals surface area (Å²) in [6.45, 7) is 5.84. The number of rotatable bonds is 4. The molecule has 0 bridgehead atoms. The third kappa shape index (κ3) is 3.95. The summed E-state index contributed by atoms with van der Waals surface area (Å²) in [7, 11) is 1.39. The van der Waals surface area contributed by atoms with Crippen molar-refractivity contribution in [1.29, 1.82) is 0 Å². The summed E-state index contributed by atoms with van der Waals surface area (Å²) in [6, 6.07) is 8.00. The number of likely N-dealkylation sites (tertiary alicyclic amines) is 1. The van der Waals surface area contributed by atoms with Crippen LogP contribution in [0.5, 0.6) is 0 Å². The van der Waals surface area contributed by atoms with Crippen LogP contribution in [0.4, 0.5) is 16.3 Å². The summed E-state index contributed by atoms with van der Waals surface area (Å²) in [5.74, 6) is 0.539. The molecule has 1 aromatic carbocycles. The fraction of sp³-hybridized carbons (Fsp3) is 0.440. The van der Waals surface area contributed by atoms with Crippen LogP contribution in [0, 0.1) is 0 Å². The molecule has 178 valence electrons. The summed E-state index contributed by atoms with van der Waals surface area (Å²) in [4.78, 5) is 37.3. The fourth-order valence-electron chi connectivity index (χ4n) is 4.94. The molecule has 0 spiro atoms. The number of anilines is 2. The maximum atomic E-state index is 12.2. The maximum Gasteiger partial charge on any atom is 0.410 e. The highest BCUT2D eigenvalue weighted by atomic mass is 16.6. The van der Waals surface area contributed by atoms with E-state index in [1.165, 1.54) is 7.11 Å². The van der Waals surface area contributed by atoms with Gasteiger partial charge in [0, 0.05) is 37.6 Å². The van der Waals surface area contributed by atoms with Crippen molar-refractivity contribution in [2.75, 3.05) is 31.6 Å². The van der Waals surface area contributed by atoms with E-state index in [9.17, 15) is 9.59 Å². The van der Waals surface area contributed by atoms with Gasteiger partial charge in [0.1, 0.15) is 17.8 Å². The first-order chi connectivity index (χ1) is 16.5. The summed E-state index contributed by atoms with van der Waals surface area (Å²) >= 11 is 0. The van der Waals surface area contributed by atoms with Crippen LogP contribution in [0.3, 0.4) is 0 Å². The molecule has 0 atom stereocenters. The molecule has 2 aromatic heterocycles. The SMILES string of the molecule is COC(=O)c1ccc2c(c1)CCN2c1ncnc2c1ccn2C1CCN(C(=O)OC(C)C)CC1. The highest BCUT2D eigenvalue weighted by Crippen LogP contribution is 2.38. The van der Waals surface area contributed by atoms with Gasteiger partial charge in [-0.25, -0.2) is 19.6 Å². The number of nitrogens with zero attached hydrogens (tertiary/aromatic N) is 5. The number of hydrogen-bond acceptors (Lipinski definition) is 7. The van der Waals surface area contributed by atoms with Gasteiger partial charge in [-0.15, -0.1) is 0 Å². The van der Waals surface area contributed by atoms with Crippen LogP contribution in [0.25, 0.3) is 11.0 Å². The van der Waals surface area contributed by atoms with Gasteiger partial charge in [-0.05, 0) is 62.9 Å². The molecule has 9 heteroatoms. The zero-order valence-corrected chi connectivity index (χ0v) is 19.7. The quantitative estimate of drug-likeness (QED) is 0.538. The lowest BCUT2D eigenvalue weighted by molar-refractivity contribution is 0.0599. The van der Waals surface area contributed by atoms with Crippen molar-refractivity contribution in [3.8, 4) is 0 Å². The van der Waals surface area contributed by atoms with E-state index in [-0.39, 0.29) is 24.2 Å². The van der Waals surface area contributed by atoms with E-state index in [1.54, 1.807) is 17.3 Å². The number of carbonyl (C=O) groups is 2. The van der Waals surface area contributed by atoms with Crippen molar-refractivity contribution in [2.24, 2.45) is 0 Å². The largest absolute Gasteiger partial charge is 0.465 e. The van der Waals surface area contributed by atoms with Gasteiger partial charge in [-0.1, -0.05) is 0 Å².